The van der Waals surface area contributed by atoms with E-state index >= 15 is 0 Å². The average Bonchev–Trinajstić information content (AvgIpc) is 3.00. The topological polar surface area (TPSA) is 160 Å². The number of benzene rings is 2. The maximum absolute atomic E-state index is 13.2. The number of amides is 2. The predicted octanol–water partition coefficient (Wildman–Crippen LogP) is 6.49. The van der Waals surface area contributed by atoms with Gasteiger partial charge in [-0.05, 0) is 73.4 Å². The number of ether oxygens (including phenoxy) is 1. The van der Waals surface area contributed by atoms with Gasteiger partial charge in [0, 0.05) is 28.9 Å². The standard InChI is InChI=1S/C33H36ClN5O6S/c1-21-25(30(40)37-22-12-14-27(34)26(17-22)28-11-6-7-16-35-28)13-15-29(36-21)39-46(43,44)24-10-8-9-23(18-24)45-20-32(2,3)19-33(4,5)31(41)38-42/h6-18,42H,19-20H2,1-5H3,(H,36,39)(H,37,40)(H,38,41). The summed E-state index contributed by atoms with van der Waals surface area (Å²) in [5, 5.41) is 12.3. The highest BCUT2D eigenvalue weighted by Gasteiger charge is 2.35. The van der Waals surface area contributed by atoms with Crippen molar-refractivity contribution in [2.75, 3.05) is 16.6 Å². The molecule has 4 rings (SSSR count). The lowest BCUT2D eigenvalue weighted by Crippen LogP contribution is -2.39. The van der Waals surface area contributed by atoms with Gasteiger partial charge in [0.1, 0.15) is 11.6 Å². The van der Waals surface area contributed by atoms with Crippen molar-refractivity contribution in [2.24, 2.45) is 10.8 Å². The van der Waals surface area contributed by atoms with Crippen molar-refractivity contribution in [3.05, 3.63) is 95.3 Å². The molecule has 46 heavy (non-hydrogen) atoms. The van der Waals surface area contributed by atoms with Gasteiger partial charge in [-0.1, -0.05) is 51.4 Å². The first-order valence-electron chi connectivity index (χ1n) is 14.3. The maximum Gasteiger partial charge on any atom is 0.263 e. The Hall–Kier alpha value is -4.52. The summed E-state index contributed by atoms with van der Waals surface area (Å²) in [6.07, 6.45) is 2.05. The monoisotopic (exact) mass is 665 g/mol. The fourth-order valence-electron chi connectivity index (χ4n) is 5.06. The fraction of sp³-hybridized carbons (Fsp3) is 0.273. The van der Waals surface area contributed by atoms with Gasteiger partial charge in [-0.3, -0.25) is 24.5 Å². The number of nitrogens with one attached hydrogen (secondary N) is 3. The molecule has 2 heterocycles. The van der Waals surface area contributed by atoms with Crippen LogP contribution in [0.1, 0.15) is 50.2 Å². The van der Waals surface area contributed by atoms with Gasteiger partial charge in [0.15, 0.2) is 0 Å². The van der Waals surface area contributed by atoms with E-state index in [-0.39, 0.29) is 22.9 Å². The molecule has 0 aliphatic heterocycles. The molecule has 0 saturated heterocycles. The Morgan fingerprint density at radius 2 is 1.74 bits per heavy atom. The van der Waals surface area contributed by atoms with Gasteiger partial charge in [-0.2, -0.15) is 0 Å². The first-order chi connectivity index (χ1) is 21.6. The van der Waals surface area contributed by atoms with Crippen LogP contribution < -0.4 is 20.3 Å². The van der Waals surface area contributed by atoms with Gasteiger partial charge in [0.2, 0.25) is 5.91 Å². The van der Waals surface area contributed by atoms with Crippen LogP contribution in [-0.2, 0) is 14.8 Å². The molecule has 0 radical (unpaired) electrons. The molecule has 0 aliphatic rings. The second-order valence-corrected chi connectivity index (χ2v) is 14.3. The van der Waals surface area contributed by atoms with E-state index in [4.69, 9.17) is 21.5 Å². The number of carbonyl (C=O) groups excluding carboxylic acids is 2. The molecular weight excluding hydrogens is 630 g/mol. The molecule has 0 spiro atoms. The number of aromatic nitrogens is 2. The number of aryl methyl sites for hydroxylation is 1. The van der Waals surface area contributed by atoms with E-state index in [1.807, 2.05) is 26.0 Å². The number of anilines is 2. The third kappa shape index (κ3) is 8.59. The lowest BCUT2D eigenvalue weighted by molar-refractivity contribution is -0.140. The summed E-state index contributed by atoms with van der Waals surface area (Å²) < 4.78 is 34.8. The molecule has 0 fully saturated rings. The lowest BCUT2D eigenvalue weighted by Gasteiger charge is -2.33. The molecule has 2 amide bonds. The molecule has 0 bridgehead atoms. The van der Waals surface area contributed by atoms with E-state index in [1.165, 1.54) is 24.3 Å². The van der Waals surface area contributed by atoms with Crippen LogP contribution in [-0.4, -0.2) is 42.0 Å². The highest BCUT2D eigenvalue weighted by molar-refractivity contribution is 7.92. The first kappa shape index (κ1) is 34.4. The van der Waals surface area contributed by atoms with Crippen LogP contribution in [0.4, 0.5) is 11.5 Å². The quantitative estimate of drug-likeness (QED) is 0.0987. The zero-order valence-electron chi connectivity index (χ0n) is 26.1. The summed E-state index contributed by atoms with van der Waals surface area (Å²) in [6, 6.07) is 19.4. The number of hydroxylamine groups is 1. The van der Waals surface area contributed by atoms with Crippen molar-refractivity contribution in [1.82, 2.24) is 15.4 Å². The zero-order valence-corrected chi connectivity index (χ0v) is 27.7. The summed E-state index contributed by atoms with van der Waals surface area (Å²) >= 11 is 6.36. The van der Waals surface area contributed by atoms with Crippen LogP contribution in [0, 0.1) is 17.8 Å². The summed E-state index contributed by atoms with van der Waals surface area (Å²) in [7, 11) is -4.06. The molecule has 242 valence electrons. The Kier molecular flexibility index (Phi) is 10.3. The van der Waals surface area contributed by atoms with Crippen molar-refractivity contribution < 1.29 is 28.0 Å². The molecule has 11 nitrogen and oxygen atoms in total. The van der Waals surface area contributed by atoms with Crippen LogP contribution >= 0.6 is 11.6 Å². The summed E-state index contributed by atoms with van der Waals surface area (Å²) in [5.74, 6) is -0.574. The van der Waals surface area contributed by atoms with Crippen LogP contribution in [0.5, 0.6) is 5.75 Å². The molecule has 4 N–H and O–H groups in total. The predicted molar refractivity (Wildman–Crippen MR) is 176 cm³/mol. The maximum atomic E-state index is 13.2. The summed E-state index contributed by atoms with van der Waals surface area (Å²) in [6.45, 7) is 9.05. The summed E-state index contributed by atoms with van der Waals surface area (Å²) in [5.41, 5.74) is 2.76. The van der Waals surface area contributed by atoms with E-state index in [0.29, 0.717) is 39.8 Å². The fourth-order valence-corrected chi connectivity index (χ4v) is 6.31. The van der Waals surface area contributed by atoms with Crippen LogP contribution in [0.2, 0.25) is 5.02 Å². The molecule has 13 heteroatoms. The summed E-state index contributed by atoms with van der Waals surface area (Å²) in [4.78, 5) is 33.7. The minimum atomic E-state index is -4.06. The van der Waals surface area contributed by atoms with Gasteiger partial charge in [0.05, 0.1) is 33.5 Å². The Morgan fingerprint density at radius 3 is 2.41 bits per heavy atom. The van der Waals surface area contributed by atoms with Crippen LogP contribution in [0.3, 0.4) is 0 Å². The van der Waals surface area contributed by atoms with Crippen molar-refractivity contribution in [3.8, 4) is 17.0 Å². The van der Waals surface area contributed by atoms with E-state index in [1.54, 1.807) is 68.8 Å². The number of hydrogen-bond acceptors (Lipinski definition) is 8. The van der Waals surface area contributed by atoms with E-state index < -0.39 is 32.7 Å². The Bertz CT molecular complexity index is 1850. The molecule has 2 aromatic carbocycles. The van der Waals surface area contributed by atoms with Crippen molar-refractivity contribution >= 4 is 44.9 Å². The molecule has 0 saturated carbocycles. The minimum Gasteiger partial charge on any atom is -0.493 e. The minimum absolute atomic E-state index is 0.0369. The van der Waals surface area contributed by atoms with Gasteiger partial charge in [0.25, 0.3) is 15.9 Å². The molecular formula is C33H36ClN5O6S. The van der Waals surface area contributed by atoms with E-state index in [9.17, 15) is 18.0 Å². The number of pyridine rings is 2. The normalized spacial score (nSPS) is 11.9. The third-order valence-corrected chi connectivity index (χ3v) is 8.80. The van der Waals surface area contributed by atoms with Gasteiger partial charge in [-0.25, -0.2) is 18.9 Å². The SMILES string of the molecule is Cc1nc(NS(=O)(=O)c2cccc(OCC(C)(C)CC(C)(C)C(=O)NO)c2)ccc1C(=O)Nc1ccc(Cl)c(-c2ccccn2)c1. The van der Waals surface area contributed by atoms with Crippen molar-refractivity contribution in [3.63, 3.8) is 0 Å². The zero-order chi connectivity index (χ0) is 33.7. The van der Waals surface area contributed by atoms with E-state index in [0.717, 1.165) is 0 Å². The third-order valence-electron chi connectivity index (χ3n) is 7.12. The largest absolute Gasteiger partial charge is 0.493 e. The van der Waals surface area contributed by atoms with E-state index in [2.05, 4.69) is 20.0 Å². The molecule has 4 aromatic rings. The Balaban J connectivity index is 1.43. The second-order valence-electron chi connectivity index (χ2n) is 12.2. The molecule has 0 atom stereocenters. The number of nitrogens with zero attached hydrogens (tertiary/aromatic N) is 2. The molecule has 0 aliphatic carbocycles. The Labute approximate surface area is 273 Å². The molecule has 0 unspecified atom stereocenters. The van der Waals surface area contributed by atoms with Crippen molar-refractivity contribution in [2.45, 2.75) is 45.9 Å². The molecule has 2 aromatic heterocycles. The second kappa shape index (κ2) is 13.9. The number of sulfonamides is 1. The first-order valence-corrected chi connectivity index (χ1v) is 16.2. The number of halogens is 1. The number of carbonyl (C=O) groups is 2. The van der Waals surface area contributed by atoms with Gasteiger partial charge >= 0.3 is 0 Å². The van der Waals surface area contributed by atoms with Gasteiger partial charge < -0.3 is 10.1 Å². The number of rotatable bonds is 12. The van der Waals surface area contributed by atoms with Gasteiger partial charge in [-0.15, -0.1) is 0 Å². The number of hydrogen-bond donors (Lipinski definition) is 4. The average molecular weight is 666 g/mol. The Morgan fingerprint density at radius 1 is 0.978 bits per heavy atom. The lowest BCUT2D eigenvalue weighted by atomic mass is 9.75. The highest BCUT2D eigenvalue weighted by atomic mass is 35.5. The van der Waals surface area contributed by atoms with Crippen LogP contribution in [0.25, 0.3) is 11.3 Å². The van der Waals surface area contributed by atoms with Crippen molar-refractivity contribution in [1.29, 1.82) is 0 Å². The van der Waals surface area contributed by atoms with Crippen LogP contribution in [0.15, 0.2) is 83.9 Å². The highest BCUT2D eigenvalue weighted by Crippen LogP contribution is 2.35. The smallest absolute Gasteiger partial charge is 0.263 e.